The second kappa shape index (κ2) is 12.8. The van der Waals surface area contributed by atoms with Gasteiger partial charge in [-0.15, -0.1) is 0 Å². The first-order chi connectivity index (χ1) is 18.8. The predicted octanol–water partition coefficient (Wildman–Crippen LogP) is 3.86. The summed E-state index contributed by atoms with van der Waals surface area (Å²) in [6.07, 6.45) is 8.36. The molecule has 3 heterocycles. The summed E-state index contributed by atoms with van der Waals surface area (Å²) in [4.78, 5) is 0. The minimum absolute atomic E-state index is 0. The number of benzene rings is 3. The molecule has 0 N–H and O–H groups in total. The van der Waals surface area contributed by atoms with Crippen molar-refractivity contribution >= 4 is 19.3 Å². The van der Waals surface area contributed by atoms with E-state index in [0.717, 1.165) is 5.54 Å². The van der Waals surface area contributed by atoms with Crippen LogP contribution in [0.3, 0.4) is 0 Å². The number of halogens is 2. The Morgan fingerprint density at radius 1 is 0.829 bits per heavy atom. The molecule has 2 unspecified atom stereocenters. The number of rotatable bonds is 5. The van der Waals surface area contributed by atoms with Gasteiger partial charge in [0.25, 0.3) is 0 Å². The summed E-state index contributed by atoms with van der Waals surface area (Å²) >= 11 is 1.59. The van der Waals surface area contributed by atoms with Gasteiger partial charge >= 0.3 is 143 Å². The van der Waals surface area contributed by atoms with Gasteiger partial charge in [-0.05, 0) is 30.7 Å². The van der Waals surface area contributed by atoms with Crippen molar-refractivity contribution in [3.05, 3.63) is 124 Å². The molecule has 2 aliphatic carbocycles. The van der Waals surface area contributed by atoms with Crippen LogP contribution in [0.4, 0.5) is 0 Å². The monoisotopic (exact) mass is 672 g/mol. The number of nitrogens with zero attached hydrogens (tertiary/aromatic N) is 1. The fourth-order valence-corrected chi connectivity index (χ4v) is 12.3. The molecule has 0 amide bonds. The molecule has 3 aromatic carbocycles. The van der Waals surface area contributed by atoms with Gasteiger partial charge in [0, 0.05) is 23.1 Å². The predicted molar refractivity (Wildman–Crippen MR) is 165 cm³/mol. The summed E-state index contributed by atoms with van der Waals surface area (Å²) < 4.78 is 3.05. The van der Waals surface area contributed by atoms with E-state index in [1.807, 2.05) is 0 Å². The Kier molecular flexibility index (Phi) is 9.97. The maximum absolute atomic E-state index is 2.51. The summed E-state index contributed by atoms with van der Waals surface area (Å²) in [6, 6.07) is 29.0. The Labute approximate surface area is 274 Å². The Balaban J connectivity index is 0.000000182. The van der Waals surface area contributed by atoms with Crippen molar-refractivity contribution in [3.63, 3.8) is 0 Å². The first-order valence-corrected chi connectivity index (χ1v) is 18.9. The number of aryl methyl sites for hydroxylation is 1. The fourth-order valence-electron chi connectivity index (χ4n) is 7.17. The largest absolute Gasteiger partial charge is 1.00 e. The average molecular weight is 675 g/mol. The van der Waals surface area contributed by atoms with E-state index in [2.05, 4.69) is 130 Å². The third-order valence-electron chi connectivity index (χ3n) is 9.06. The van der Waals surface area contributed by atoms with E-state index < -0.39 is 8.07 Å². The molecule has 4 aliphatic rings. The molecule has 0 saturated heterocycles. The minimum atomic E-state index is -1.17. The van der Waals surface area contributed by atoms with E-state index in [4.69, 9.17) is 0 Å². The van der Waals surface area contributed by atoms with Crippen molar-refractivity contribution < 1.29 is 49.5 Å². The fraction of sp³-hybridized carbons (Fsp3) is 0.278. The summed E-state index contributed by atoms with van der Waals surface area (Å²) in [7, 11) is -1.17. The zero-order valence-corrected chi connectivity index (χ0v) is 29.6. The molecule has 2 atom stereocenters. The molecule has 1 nitrogen and oxygen atoms in total. The van der Waals surface area contributed by atoms with Gasteiger partial charge in [-0.25, -0.2) is 0 Å². The normalized spacial score (nSPS) is 18.7. The van der Waals surface area contributed by atoms with Crippen LogP contribution in [-0.4, -0.2) is 12.6 Å². The Hall–Kier alpha value is -1.90. The molecule has 0 saturated carbocycles. The van der Waals surface area contributed by atoms with Crippen LogP contribution < -0.4 is 24.8 Å². The zero-order chi connectivity index (χ0) is 27.3. The summed E-state index contributed by atoms with van der Waals surface area (Å²) in [5, 5.41) is 1.72. The van der Waals surface area contributed by atoms with Crippen LogP contribution in [0.1, 0.15) is 70.7 Å². The molecule has 209 valence electrons. The molecule has 2 bridgehead atoms. The maximum atomic E-state index is 2.51. The van der Waals surface area contributed by atoms with Gasteiger partial charge in [-0.2, -0.15) is 0 Å². The van der Waals surface area contributed by atoms with Gasteiger partial charge in [0.05, 0.1) is 8.07 Å². The SMILES string of the molecule is CC1=C2c3ccn(-c4ccccc4)c3C1[Si]2(C)C.CCCCc1ccc(-c2cccc3c2C=C(C)[CH]3[Zr+2])cc1.[Cl-].[Cl-]. The van der Waals surface area contributed by atoms with E-state index in [0.29, 0.717) is 3.63 Å². The van der Waals surface area contributed by atoms with Crippen LogP contribution in [0.5, 0.6) is 0 Å². The van der Waals surface area contributed by atoms with E-state index in [1.165, 1.54) is 63.9 Å². The van der Waals surface area contributed by atoms with E-state index in [1.54, 1.807) is 41.2 Å². The molecule has 2 aliphatic heterocycles. The van der Waals surface area contributed by atoms with E-state index in [-0.39, 0.29) is 24.8 Å². The summed E-state index contributed by atoms with van der Waals surface area (Å²) in [5.41, 5.74) is 15.4. The van der Waals surface area contributed by atoms with Crippen molar-refractivity contribution in [1.82, 2.24) is 4.57 Å². The van der Waals surface area contributed by atoms with Crippen molar-refractivity contribution in [1.29, 1.82) is 0 Å². The van der Waals surface area contributed by atoms with Gasteiger partial charge in [-0.3, -0.25) is 0 Å². The molecule has 4 aromatic rings. The number of hydrogen-bond donors (Lipinski definition) is 0. The smallest absolute Gasteiger partial charge is 1.00 e. The molecule has 0 spiro atoms. The Bertz CT molecular complexity index is 1600. The first kappa shape index (κ1) is 32.0. The second-order valence-corrected chi connectivity index (χ2v) is 17.9. The third-order valence-corrected chi connectivity index (χ3v) is 15.0. The molecule has 5 heteroatoms. The van der Waals surface area contributed by atoms with Crippen LogP contribution in [0.2, 0.25) is 13.1 Å². The number of para-hydroxylation sites is 1. The van der Waals surface area contributed by atoms with Crippen LogP contribution in [0, 0.1) is 0 Å². The zero-order valence-electron chi connectivity index (χ0n) is 24.6. The van der Waals surface area contributed by atoms with Crippen LogP contribution in [0.15, 0.2) is 96.2 Å². The van der Waals surface area contributed by atoms with E-state index >= 15 is 0 Å². The van der Waals surface area contributed by atoms with E-state index in [9.17, 15) is 0 Å². The summed E-state index contributed by atoms with van der Waals surface area (Å²) in [5.74, 6) is 0. The van der Waals surface area contributed by atoms with Crippen LogP contribution >= 0.6 is 0 Å². The van der Waals surface area contributed by atoms with Gasteiger partial charge in [-0.1, -0.05) is 42.1 Å². The maximum Gasteiger partial charge on any atom is -1.00 e. The van der Waals surface area contributed by atoms with Crippen molar-refractivity contribution in [3.8, 4) is 16.8 Å². The third kappa shape index (κ3) is 5.49. The van der Waals surface area contributed by atoms with Gasteiger partial charge in [0.1, 0.15) is 0 Å². The number of unbranched alkanes of at least 4 members (excludes halogenated alkanes) is 1. The summed E-state index contributed by atoms with van der Waals surface area (Å²) in [6.45, 7) is 11.9. The standard InChI is InChI=1S/C20H21.C16H17NSi.2ClH.Zr/c1-3-4-6-16-9-11-17(12-10-16)19-8-5-7-18-13-15(2)14-20(18)19;1-11-15-13-9-10-17(12-7-5-4-6-8-12)14(13)16(11)18(15,2)3;;;/h5,7-14H,3-4,6H2,1-2H3;4-10,16H,1-3H3;2*1H;/q;;;;+2/p-2. The van der Waals surface area contributed by atoms with Crippen LogP contribution in [0.25, 0.3) is 28.1 Å². The van der Waals surface area contributed by atoms with Crippen molar-refractivity contribution in [2.24, 2.45) is 0 Å². The quantitative estimate of drug-likeness (QED) is 0.284. The molecule has 1 aromatic heterocycles. The number of hydrogen-bond acceptors (Lipinski definition) is 0. The second-order valence-electron chi connectivity index (χ2n) is 12.0. The Morgan fingerprint density at radius 2 is 1.54 bits per heavy atom. The molecular weight excluding hydrogens is 637 g/mol. The molecule has 0 radical (unpaired) electrons. The molecule has 41 heavy (non-hydrogen) atoms. The van der Waals surface area contributed by atoms with Gasteiger partial charge in [0.15, 0.2) is 0 Å². The molecular formula is C36H38Cl2NSiZr. The number of allylic oxidation sites excluding steroid dienone is 2. The molecule has 8 rings (SSSR count). The molecule has 0 fully saturated rings. The van der Waals surface area contributed by atoms with Crippen LogP contribution in [-0.2, 0) is 31.1 Å². The Morgan fingerprint density at radius 3 is 2.20 bits per heavy atom. The minimum Gasteiger partial charge on any atom is -1.00 e. The topological polar surface area (TPSA) is 4.93 Å². The number of aromatic nitrogens is 1. The van der Waals surface area contributed by atoms with Gasteiger partial charge in [0.2, 0.25) is 0 Å². The number of fused-ring (bicyclic) bond motifs is 1. The first-order valence-electron chi connectivity index (χ1n) is 14.4. The van der Waals surface area contributed by atoms with Crippen molar-refractivity contribution in [2.75, 3.05) is 0 Å². The van der Waals surface area contributed by atoms with Crippen molar-refractivity contribution in [2.45, 2.75) is 62.3 Å². The average Bonchev–Trinajstić information content (AvgIpc) is 3.64. The van der Waals surface area contributed by atoms with Gasteiger partial charge < -0.3 is 29.4 Å².